The Morgan fingerprint density at radius 2 is 1.77 bits per heavy atom. The molecule has 9 heteroatoms. The summed E-state index contributed by atoms with van der Waals surface area (Å²) in [6.07, 6.45) is 0. The number of rotatable bonds is 5. The van der Waals surface area contributed by atoms with Crippen LogP contribution in [0.1, 0.15) is 16.1 Å². The number of hydrogen-bond donors (Lipinski definition) is 2. The second-order valence-electron chi connectivity index (χ2n) is 7.07. The molecule has 1 aliphatic rings. The Labute approximate surface area is 184 Å². The molecule has 2 aromatic carbocycles. The van der Waals surface area contributed by atoms with Crippen LogP contribution in [0.3, 0.4) is 0 Å². The first-order valence-electron chi connectivity index (χ1n) is 9.80. The number of amides is 1. The molecule has 3 aromatic rings. The topological polar surface area (TPSA) is 79.4 Å². The highest BCUT2D eigenvalue weighted by atomic mass is 35.5. The van der Waals surface area contributed by atoms with Gasteiger partial charge in [0.1, 0.15) is 11.6 Å². The Kier molecular flexibility index (Phi) is 6.29. The second-order valence-corrected chi connectivity index (χ2v) is 7.48. The van der Waals surface area contributed by atoms with E-state index < -0.39 is 11.7 Å². The summed E-state index contributed by atoms with van der Waals surface area (Å²) < 4.78 is 18.6. The first-order chi connectivity index (χ1) is 15.0. The second kappa shape index (κ2) is 9.28. The van der Waals surface area contributed by atoms with Gasteiger partial charge in [0.15, 0.2) is 0 Å². The number of carbonyl (C=O) groups is 1. The van der Waals surface area contributed by atoms with Gasteiger partial charge in [0, 0.05) is 36.2 Å². The summed E-state index contributed by atoms with van der Waals surface area (Å²) in [5, 5.41) is 6.00. The van der Waals surface area contributed by atoms with Gasteiger partial charge in [-0.1, -0.05) is 11.6 Å². The molecule has 2 N–H and O–H groups in total. The van der Waals surface area contributed by atoms with Crippen molar-refractivity contribution < 1.29 is 13.9 Å². The number of benzene rings is 2. The van der Waals surface area contributed by atoms with Crippen molar-refractivity contribution in [1.29, 1.82) is 0 Å². The third-order valence-electron chi connectivity index (χ3n) is 4.75. The van der Waals surface area contributed by atoms with Crippen LogP contribution in [-0.4, -0.2) is 42.2 Å². The summed E-state index contributed by atoms with van der Waals surface area (Å²) in [6.45, 7) is 4.88. The number of hydrogen-bond acceptors (Lipinski definition) is 6. The average Bonchev–Trinajstić information content (AvgIpc) is 2.75. The predicted molar refractivity (Wildman–Crippen MR) is 119 cm³/mol. The van der Waals surface area contributed by atoms with Crippen molar-refractivity contribution >= 4 is 40.6 Å². The molecule has 0 aliphatic carbocycles. The molecule has 0 saturated carbocycles. The number of ether oxygens (including phenoxy) is 1. The SMILES string of the molecule is Cc1cc(N2CCOCC2)nc(Nc2ccc(NC(=O)c3ccc(F)cc3Cl)cc2)n1. The zero-order valence-electron chi connectivity index (χ0n) is 16.9. The minimum atomic E-state index is -0.493. The van der Waals surface area contributed by atoms with Crippen LogP contribution in [0.4, 0.5) is 27.5 Å². The number of aromatic nitrogens is 2. The fourth-order valence-corrected chi connectivity index (χ4v) is 3.45. The maximum absolute atomic E-state index is 13.2. The van der Waals surface area contributed by atoms with Crippen molar-refractivity contribution in [3.63, 3.8) is 0 Å². The van der Waals surface area contributed by atoms with Gasteiger partial charge in [0.2, 0.25) is 5.95 Å². The fourth-order valence-electron chi connectivity index (χ4n) is 3.20. The standard InChI is InChI=1S/C22H21ClFN5O2/c1-14-12-20(29-8-10-31-11-9-29)28-22(25-14)27-17-5-3-16(4-6-17)26-21(30)18-7-2-15(24)13-19(18)23/h2-7,12-13H,8-11H2,1H3,(H,26,30)(H,25,27,28). The van der Waals surface area contributed by atoms with Gasteiger partial charge in [0.25, 0.3) is 5.91 Å². The molecule has 1 fully saturated rings. The van der Waals surface area contributed by atoms with Crippen LogP contribution >= 0.6 is 11.6 Å². The monoisotopic (exact) mass is 441 g/mol. The van der Waals surface area contributed by atoms with E-state index in [2.05, 4.69) is 25.5 Å². The molecule has 1 aromatic heterocycles. The molecule has 0 radical (unpaired) electrons. The molecule has 4 rings (SSSR count). The van der Waals surface area contributed by atoms with E-state index >= 15 is 0 Å². The lowest BCUT2D eigenvalue weighted by molar-refractivity contribution is 0.102. The summed E-state index contributed by atoms with van der Waals surface area (Å²) >= 11 is 5.95. The summed E-state index contributed by atoms with van der Waals surface area (Å²) in [5.74, 6) is 0.449. The van der Waals surface area contributed by atoms with E-state index in [9.17, 15) is 9.18 Å². The molecule has 1 amide bonds. The van der Waals surface area contributed by atoms with Gasteiger partial charge in [-0.15, -0.1) is 0 Å². The van der Waals surface area contributed by atoms with Gasteiger partial charge in [-0.3, -0.25) is 4.79 Å². The molecular weight excluding hydrogens is 421 g/mol. The molecule has 0 unspecified atom stereocenters. The maximum atomic E-state index is 13.2. The summed E-state index contributed by atoms with van der Waals surface area (Å²) in [7, 11) is 0. The van der Waals surface area contributed by atoms with Crippen LogP contribution in [0.5, 0.6) is 0 Å². The Morgan fingerprint density at radius 3 is 2.48 bits per heavy atom. The molecule has 0 bridgehead atoms. The average molecular weight is 442 g/mol. The molecule has 1 aliphatic heterocycles. The first-order valence-corrected chi connectivity index (χ1v) is 10.2. The summed E-state index contributed by atoms with van der Waals surface area (Å²) in [4.78, 5) is 23.6. The van der Waals surface area contributed by atoms with Crippen molar-refractivity contribution in [2.75, 3.05) is 41.8 Å². The lowest BCUT2D eigenvalue weighted by atomic mass is 10.2. The number of nitrogens with one attached hydrogen (secondary N) is 2. The van der Waals surface area contributed by atoms with Crippen molar-refractivity contribution in [2.24, 2.45) is 0 Å². The summed E-state index contributed by atoms with van der Waals surface area (Å²) in [6, 6.07) is 12.7. The molecule has 160 valence electrons. The van der Waals surface area contributed by atoms with Crippen molar-refractivity contribution in [2.45, 2.75) is 6.92 Å². The number of aryl methyl sites for hydroxylation is 1. The fraction of sp³-hybridized carbons (Fsp3) is 0.227. The number of halogens is 2. The van der Waals surface area contributed by atoms with Crippen LogP contribution in [0.15, 0.2) is 48.5 Å². The Bertz CT molecular complexity index is 1090. The van der Waals surface area contributed by atoms with Crippen molar-refractivity contribution in [3.8, 4) is 0 Å². The van der Waals surface area contributed by atoms with E-state index in [1.54, 1.807) is 12.1 Å². The van der Waals surface area contributed by atoms with E-state index in [0.717, 1.165) is 36.4 Å². The molecule has 1 saturated heterocycles. The van der Waals surface area contributed by atoms with Gasteiger partial charge in [0.05, 0.1) is 23.8 Å². The van der Waals surface area contributed by atoms with E-state index in [1.165, 1.54) is 12.1 Å². The lowest BCUT2D eigenvalue weighted by Crippen LogP contribution is -2.36. The highest BCUT2D eigenvalue weighted by Gasteiger charge is 2.15. The molecule has 0 spiro atoms. The van der Waals surface area contributed by atoms with Gasteiger partial charge in [-0.2, -0.15) is 4.98 Å². The normalized spacial score (nSPS) is 13.7. The Hall–Kier alpha value is -3.23. The molecule has 0 atom stereocenters. The minimum Gasteiger partial charge on any atom is -0.378 e. The molecule has 7 nitrogen and oxygen atoms in total. The van der Waals surface area contributed by atoms with Crippen LogP contribution in [0.25, 0.3) is 0 Å². The van der Waals surface area contributed by atoms with Crippen LogP contribution in [0.2, 0.25) is 5.02 Å². The molecule has 31 heavy (non-hydrogen) atoms. The zero-order chi connectivity index (χ0) is 21.8. The largest absolute Gasteiger partial charge is 0.378 e. The maximum Gasteiger partial charge on any atom is 0.257 e. The minimum absolute atomic E-state index is 0.0588. The van der Waals surface area contributed by atoms with E-state index in [0.29, 0.717) is 24.8 Å². The highest BCUT2D eigenvalue weighted by molar-refractivity contribution is 6.34. The third kappa shape index (κ3) is 5.28. The Balaban J connectivity index is 1.44. The van der Waals surface area contributed by atoms with Gasteiger partial charge >= 0.3 is 0 Å². The lowest BCUT2D eigenvalue weighted by Gasteiger charge is -2.28. The van der Waals surface area contributed by atoms with E-state index in [4.69, 9.17) is 16.3 Å². The van der Waals surface area contributed by atoms with Crippen molar-refractivity contribution in [1.82, 2.24) is 9.97 Å². The zero-order valence-corrected chi connectivity index (χ0v) is 17.6. The van der Waals surface area contributed by atoms with Crippen LogP contribution in [-0.2, 0) is 4.74 Å². The number of anilines is 4. The molecule has 2 heterocycles. The summed E-state index contributed by atoms with van der Waals surface area (Å²) in [5.41, 5.74) is 2.42. The van der Waals surface area contributed by atoms with Gasteiger partial charge < -0.3 is 20.3 Å². The van der Waals surface area contributed by atoms with Gasteiger partial charge in [-0.25, -0.2) is 9.37 Å². The van der Waals surface area contributed by atoms with Crippen molar-refractivity contribution in [3.05, 3.63) is 70.6 Å². The highest BCUT2D eigenvalue weighted by Crippen LogP contribution is 2.22. The Morgan fingerprint density at radius 1 is 1.06 bits per heavy atom. The molecular formula is C22H21ClFN5O2. The van der Waals surface area contributed by atoms with Gasteiger partial charge in [-0.05, 0) is 49.4 Å². The number of nitrogens with zero attached hydrogens (tertiary/aromatic N) is 3. The first kappa shape index (κ1) is 21.0. The smallest absolute Gasteiger partial charge is 0.257 e. The third-order valence-corrected chi connectivity index (χ3v) is 5.06. The number of morpholine rings is 1. The van der Waals surface area contributed by atoms with Crippen LogP contribution in [0, 0.1) is 12.7 Å². The number of carbonyl (C=O) groups excluding carboxylic acids is 1. The predicted octanol–water partition coefficient (Wildman–Crippen LogP) is 4.41. The van der Waals surface area contributed by atoms with E-state index in [1.807, 2.05) is 25.1 Å². The quantitative estimate of drug-likeness (QED) is 0.610. The van der Waals surface area contributed by atoms with Crippen LogP contribution < -0.4 is 15.5 Å². The van der Waals surface area contributed by atoms with E-state index in [-0.39, 0.29) is 10.6 Å².